The minimum absolute atomic E-state index is 0.635. The number of halogens is 1. The zero-order chi connectivity index (χ0) is 9.80. The molecule has 0 radical (unpaired) electrons. The van der Waals surface area contributed by atoms with E-state index < -0.39 is 0 Å². The van der Waals surface area contributed by atoms with E-state index in [9.17, 15) is 0 Å². The molecule has 1 aliphatic rings. The van der Waals surface area contributed by atoms with Gasteiger partial charge >= 0.3 is 0 Å². The Hall–Kier alpha value is -0.610. The van der Waals surface area contributed by atoms with Crippen molar-refractivity contribution >= 4 is 21.7 Å². The van der Waals surface area contributed by atoms with Crippen LogP contribution in [0.5, 0.6) is 0 Å². The van der Waals surface area contributed by atoms with Crippen molar-refractivity contribution in [2.24, 2.45) is 5.92 Å². The summed E-state index contributed by atoms with van der Waals surface area (Å²) in [6, 6.07) is 3.90. The molecule has 1 aliphatic heterocycles. The molecule has 0 aromatic carbocycles. The minimum atomic E-state index is 0.635. The lowest BCUT2D eigenvalue weighted by molar-refractivity contribution is 0.187. The lowest BCUT2D eigenvalue weighted by Crippen LogP contribution is -2.14. The van der Waals surface area contributed by atoms with E-state index in [2.05, 4.69) is 26.2 Å². The molecule has 4 heteroatoms. The average molecular weight is 257 g/mol. The molecule has 76 valence electrons. The number of hydrogen-bond donors (Lipinski definition) is 1. The number of ether oxygens (including phenoxy) is 1. The number of anilines is 1. The quantitative estimate of drug-likeness (QED) is 0.902. The molecule has 0 saturated carbocycles. The van der Waals surface area contributed by atoms with Crippen LogP contribution < -0.4 is 5.32 Å². The summed E-state index contributed by atoms with van der Waals surface area (Å²) in [6.07, 6.45) is 2.94. The van der Waals surface area contributed by atoms with E-state index in [4.69, 9.17) is 4.74 Å². The third-order valence-corrected chi connectivity index (χ3v) is 2.81. The van der Waals surface area contributed by atoms with Crippen LogP contribution >= 0.6 is 15.9 Å². The number of hydrogen-bond acceptors (Lipinski definition) is 3. The van der Waals surface area contributed by atoms with Crippen LogP contribution in [0.1, 0.15) is 6.42 Å². The van der Waals surface area contributed by atoms with Crippen molar-refractivity contribution in [3.05, 3.63) is 22.8 Å². The molecular weight excluding hydrogens is 244 g/mol. The average Bonchev–Trinajstić information content (AvgIpc) is 2.67. The summed E-state index contributed by atoms with van der Waals surface area (Å²) < 4.78 is 6.35. The lowest BCUT2D eigenvalue weighted by atomic mass is 10.1. The van der Waals surface area contributed by atoms with Crippen molar-refractivity contribution in [3.63, 3.8) is 0 Å². The van der Waals surface area contributed by atoms with Crippen molar-refractivity contribution in [3.8, 4) is 0 Å². The van der Waals surface area contributed by atoms with Gasteiger partial charge in [0.05, 0.1) is 6.61 Å². The first kappa shape index (κ1) is 9.93. The maximum atomic E-state index is 5.30. The third-order valence-electron chi connectivity index (χ3n) is 2.32. The Balaban J connectivity index is 1.85. The highest BCUT2D eigenvalue weighted by Crippen LogP contribution is 2.15. The Morgan fingerprint density at radius 1 is 1.64 bits per heavy atom. The van der Waals surface area contributed by atoms with Gasteiger partial charge in [0.1, 0.15) is 5.82 Å². The van der Waals surface area contributed by atoms with E-state index in [1.807, 2.05) is 12.1 Å². The molecule has 1 saturated heterocycles. The number of rotatable bonds is 3. The molecule has 1 fully saturated rings. The first-order valence-electron chi connectivity index (χ1n) is 4.78. The van der Waals surface area contributed by atoms with Gasteiger partial charge in [0.2, 0.25) is 0 Å². The van der Waals surface area contributed by atoms with Gasteiger partial charge in [0.15, 0.2) is 0 Å². The van der Waals surface area contributed by atoms with Crippen LogP contribution in [-0.2, 0) is 4.74 Å². The van der Waals surface area contributed by atoms with Crippen molar-refractivity contribution in [1.29, 1.82) is 0 Å². The first-order chi connectivity index (χ1) is 6.84. The zero-order valence-electron chi connectivity index (χ0n) is 7.87. The highest BCUT2D eigenvalue weighted by Gasteiger charge is 2.14. The molecule has 2 heterocycles. The highest BCUT2D eigenvalue weighted by atomic mass is 79.9. The largest absolute Gasteiger partial charge is 0.381 e. The summed E-state index contributed by atoms with van der Waals surface area (Å²) in [5.41, 5.74) is 0. The molecular formula is C10H13BrN2O. The van der Waals surface area contributed by atoms with Crippen LogP contribution in [0.25, 0.3) is 0 Å². The molecule has 14 heavy (non-hydrogen) atoms. The normalized spacial score (nSPS) is 21.1. The Labute approximate surface area is 92.0 Å². The van der Waals surface area contributed by atoms with E-state index in [0.717, 1.165) is 36.5 Å². The summed E-state index contributed by atoms with van der Waals surface area (Å²) in [4.78, 5) is 4.22. The van der Waals surface area contributed by atoms with Crippen LogP contribution in [0.3, 0.4) is 0 Å². The van der Waals surface area contributed by atoms with E-state index in [1.165, 1.54) is 0 Å². The van der Waals surface area contributed by atoms with Crippen LogP contribution in [-0.4, -0.2) is 24.7 Å². The fraction of sp³-hybridized carbons (Fsp3) is 0.500. The molecule has 0 amide bonds. The van der Waals surface area contributed by atoms with Gasteiger partial charge in [-0.1, -0.05) is 15.9 Å². The molecule has 0 bridgehead atoms. The first-order valence-corrected chi connectivity index (χ1v) is 5.57. The van der Waals surface area contributed by atoms with Crippen LogP contribution in [0.2, 0.25) is 0 Å². The van der Waals surface area contributed by atoms with Gasteiger partial charge in [-0.25, -0.2) is 4.98 Å². The standard InChI is InChI=1S/C10H13BrN2O/c11-9-1-3-12-10(5-9)13-6-8-2-4-14-7-8/h1,3,5,8H,2,4,6-7H2,(H,12,13). The van der Waals surface area contributed by atoms with Gasteiger partial charge in [0, 0.05) is 29.7 Å². The second kappa shape index (κ2) is 4.75. The lowest BCUT2D eigenvalue weighted by Gasteiger charge is -2.09. The Bertz CT molecular complexity index is 300. The van der Waals surface area contributed by atoms with E-state index in [1.54, 1.807) is 6.20 Å². The second-order valence-corrected chi connectivity index (χ2v) is 4.39. The van der Waals surface area contributed by atoms with Crippen molar-refractivity contribution in [1.82, 2.24) is 4.98 Å². The van der Waals surface area contributed by atoms with E-state index in [0.29, 0.717) is 5.92 Å². The smallest absolute Gasteiger partial charge is 0.127 e. The molecule has 0 aliphatic carbocycles. The predicted molar refractivity (Wildman–Crippen MR) is 59.4 cm³/mol. The van der Waals surface area contributed by atoms with Gasteiger partial charge < -0.3 is 10.1 Å². The molecule has 1 atom stereocenters. The van der Waals surface area contributed by atoms with Crippen molar-refractivity contribution in [2.45, 2.75) is 6.42 Å². The summed E-state index contributed by atoms with van der Waals surface area (Å²) in [7, 11) is 0. The summed E-state index contributed by atoms with van der Waals surface area (Å²) >= 11 is 3.41. The van der Waals surface area contributed by atoms with Gasteiger partial charge in [-0.05, 0) is 18.6 Å². The Kier molecular flexibility index (Phi) is 3.37. The molecule has 3 nitrogen and oxygen atoms in total. The number of nitrogens with zero attached hydrogens (tertiary/aromatic N) is 1. The molecule has 1 aromatic rings. The van der Waals surface area contributed by atoms with Gasteiger partial charge in [-0.15, -0.1) is 0 Å². The van der Waals surface area contributed by atoms with E-state index in [-0.39, 0.29) is 0 Å². The molecule has 1 unspecified atom stereocenters. The molecule has 1 aromatic heterocycles. The minimum Gasteiger partial charge on any atom is -0.381 e. The summed E-state index contributed by atoms with van der Waals surface area (Å²) in [5.74, 6) is 1.56. The molecule has 1 N–H and O–H groups in total. The van der Waals surface area contributed by atoms with E-state index >= 15 is 0 Å². The molecule has 0 spiro atoms. The zero-order valence-corrected chi connectivity index (χ0v) is 9.46. The number of pyridine rings is 1. The maximum absolute atomic E-state index is 5.30. The van der Waals surface area contributed by atoms with Gasteiger partial charge in [-0.3, -0.25) is 0 Å². The van der Waals surface area contributed by atoms with Crippen LogP contribution in [0, 0.1) is 5.92 Å². The molecule has 2 rings (SSSR count). The van der Waals surface area contributed by atoms with Crippen LogP contribution in [0.4, 0.5) is 5.82 Å². The van der Waals surface area contributed by atoms with Crippen molar-refractivity contribution < 1.29 is 4.74 Å². The monoisotopic (exact) mass is 256 g/mol. The van der Waals surface area contributed by atoms with Gasteiger partial charge in [0.25, 0.3) is 0 Å². The Morgan fingerprint density at radius 3 is 3.29 bits per heavy atom. The predicted octanol–water partition coefficient (Wildman–Crippen LogP) is 2.29. The maximum Gasteiger partial charge on any atom is 0.127 e. The summed E-state index contributed by atoms with van der Waals surface area (Å²) in [5, 5.41) is 3.31. The third kappa shape index (κ3) is 2.69. The second-order valence-electron chi connectivity index (χ2n) is 3.47. The summed E-state index contributed by atoms with van der Waals surface area (Å²) in [6.45, 7) is 2.72. The van der Waals surface area contributed by atoms with Crippen LogP contribution in [0.15, 0.2) is 22.8 Å². The Morgan fingerprint density at radius 2 is 2.57 bits per heavy atom. The topological polar surface area (TPSA) is 34.2 Å². The highest BCUT2D eigenvalue weighted by molar-refractivity contribution is 9.10. The van der Waals surface area contributed by atoms with Crippen molar-refractivity contribution in [2.75, 3.05) is 25.1 Å². The number of aromatic nitrogens is 1. The number of nitrogens with one attached hydrogen (secondary N) is 1. The fourth-order valence-corrected chi connectivity index (χ4v) is 1.83. The fourth-order valence-electron chi connectivity index (χ4n) is 1.49. The SMILES string of the molecule is Brc1ccnc(NCC2CCOC2)c1. The van der Waals surface area contributed by atoms with Gasteiger partial charge in [-0.2, -0.15) is 0 Å².